The van der Waals surface area contributed by atoms with Crippen LogP contribution in [0.4, 0.5) is 10.1 Å². The lowest BCUT2D eigenvalue weighted by Crippen LogP contribution is -2.36. The predicted octanol–water partition coefficient (Wildman–Crippen LogP) is 1.84. The number of rotatable bonds is 5. The van der Waals surface area contributed by atoms with Gasteiger partial charge in [-0.2, -0.15) is 0 Å². The van der Waals surface area contributed by atoms with Gasteiger partial charge >= 0.3 is 5.97 Å². The maximum atomic E-state index is 13.6. The molecule has 0 fully saturated rings. The summed E-state index contributed by atoms with van der Waals surface area (Å²) in [5.41, 5.74) is 5.41. The Hall–Kier alpha value is -1.95. The fourth-order valence-electron chi connectivity index (χ4n) is 1.59. The first-order valence-electron chi connectivity index (χ1n) is 5.90. The molecular formula is C13H17FN2O3. The quantitative estimate of drug-likeness (QED) is 0.759. The fourth-order valence-corrected chi connectivity index (χ4v) is 1.59. The number of nitrogens with two attached hydrogens (primary N) is 1. The highest BCUT2D eigenvalue weighted by Gasteiger charge is 2.17. The zero-order chi connectivity index (χ0) is 14.6. The minimum atomic E-state index is -1.23. The van der Waals surface area contributed by atoms with E-state index in [9.17, 15) is 14.0 Å². The van der Waals surface area contributed by atoms with Crippen molar-refractivity contribution < 1.29 is 19.1 Å². The standard InChI is InChI=1S/C13H17FN2O3/c1-7(2)5-10(15)12(17)16-11-4-3-8(13(18)19)6-9(11)14/h3-4,6-7,10H,5,15H2,1-2H3,(H,16,17)(H,18,19)/t10-/m1/s1. The second-order valence-electron chi connectivity index (χ2n) is 4.73. The third-order valence-electron chi connectivity index (χ3n) is 2.54. The van der Waals surface area contributed by atoms with Gasteiger partial charge in [-0.05, 0) is 30.5 Å². The molecule has 1 atom stereocenters. The van der Waals surface area contributed by atoms with E-state index in [1.165, 1.54) is 12.1 Å². The fraction of sp³-hybridized carbons (Fsp3) is 0.385. The van der Waals surface area contributed by atoms with Crippen molar-refractivity contribution in [2.24, 2.45) is 11.7 Å². The smallest absolute Gasteiger partial charge is 0.335 e. The highest BCUT2D eigenvalue weighted by Crippen LogP contribution is 2.16. The summed E-state index contributed by atoms with van der Waals surface area (Å²) in [5.74, 6) is -2.27. The molecule has 0 unspecified atom stereocenters. The van der Waals surface area contributed by atoms with Crippen molar-refractivity contribution >= 4 is 17.6 Å². The lowest BCUT2D eigenvalue weighted by molar-refractivity contribution is -0.117. The Kier molecular flexibility index (Phi) is 5.00. The van der Waals surface area contributed by atoms with Crippen LogP contribution in [0.3, 0.4) is 0 Å². The lowest BCUT2D eigenvalue weighted by atomic mass is 10.0. The maximum absolute atomic E-state index is 13.6. The zero-order valence-electron chi connectivity index (χ0n) is 10.8. The molecule has 6 heteroatoms. The Labute approximate surface area is 110 Å². The van der Waals surface area contributed by atoms with Gasteiger partial charge in [0.1, 0.15) is 5.82 Å². The third kappa shape index (κ3) is 4.33. The van der Waals surface area contributed by atoms with E-state index >= 15 is 0 Å². The molecule has 1 rings (SSSR count). The number of hydrogen-bond donors (Lipinski definition) is 3. The van der Waals surface area contributed by atoms with Crippen molar-refractivity contribution in [3.05, 3.63) is 29.6 Å². The van der Waals surface area contributed by atoms with Gasteiger partial charge in [-0.25, -0.2) is 9.18 Å². The second-order valence-corrected chi connectivity index (χ2v) is 4.73. The van der Waals surface area contributed by atoms with Crippen molar-refractivity contribution in [1.29, 1.82) is 0 Å². The van der Waals surface area contributed by atoms with E-state index in [0.717, 1.165) is 6.07 Å². The summed E-state index contributed by atoms with van der Waals surface area (Å²) >= 11 is 0. The van der Waals surface area contributed by atoms with Gasteiger partial charge in [-0.3, -0.25) is 4.79 Å². The Morgan fingerprint density at radius 3 is 2.53 bits per heavy atom. The summed E-state index contributed by atoms with van der Waals surface area (Å²) in [6, 6.07) is 2.55. The Bertz CT molecular complexity index is 489. The lowest BCUT2D eigenvalue weighted by Gasteiger charge is -2.14. The maximum Gasteiger partial charge on any atom is 0.335 e. The van der Waals surface area contributed by atoms with E-state index in [4.69, 9.17) is 10.8 Å². The molecule has 0 saturated carbocycles. The summed E-state index contributed by atoms with van der Waals surface area (Å²) in [7, 11) is 0. The zero-order valence-corrected chi connectivity index (χ0v) is 10.8. The average Bonchev–Trinajstić information content (AvgIpc) is 2.30. The molecule has 0 aromatic heterocycles. The number of benzene rings is 1. The van der Waals surface area contributed by atoms with Crippen LogP contribution in [-0.4, -0.2) is 23.0 Å². The summed E-state index contributed by atoms with van der Waals surface area (Å²) in [5, 5.41) is 11.0. The van der Waals surface area contributed by atoms with Crippen molar-refractivity contribution in [3.63, 3.8) is 0 Å². The number of carbonyl (C=O) groups is 2. The summed E-state index contributed by atoms with van der Waals surface area (Å²) in [6.45, 7) is 3.85. The van der Waals surface area contributed by atoms with Crippen LogP contribution in [0.25, 0.3) is 0 Å². The van der Waals surface area contributed by atoms with E-state index in [0.29, 0.717) is 6.42 Å². The van der Waals surface area contributed by atoms with Gasteiger partial charge in [0.15, 0.2) is 0 Å². The molecule has 0 radical (unpaired) electrons. The topological polar surface area (TPSA) is 92.4 Å². The van der Waals surface area contributed by atoms with E-state index in [1.807, 2.05) is 13.8 Å². The van der Waals surface area contributed by atoms with E-state index in [-0.39, 0.29) is 17.2 Å². The minimum absolute atomic E-state index is 0.0748. The molecule has 19 heavy (non-hydrogen) atoms. The van der Waals surface area contributed by atoms with Crippen LogP contribution < -0.4 is 11.1 Å². The van der Waals surface area contributed by atoms with Gasteiger partial charge in [0, 0.05) is 0 Å². The number of anilines is 1. The summed E-state index contributed by atoms with van der Waals surface area (Å²) in [4.78, 5) is 22.3. The average molecular weight is 268 g/mol. The van der Waals surface area contributed by atoms with Gasteiger partial charge in [0.2, 0.25) is 5.91 Å². The number of carbonyl (C=O) groups excluding carboxylic acids is 1. The molecule has 0 saturated heterocycles. The van der Waals surface area contributed by atoms with Crippen LogP contribution in [0.15, 0.2) is 18.2 Å². The molecule has 1 aromatic carbocycles. The Morgan fingerprint density at radius 2 is 2.05 bits per heavy atom. The molecule has 4 N–H and O–H groups in total. The van der Waals surface area contributed by atoms with Gasteiger partial charge in [0.25, 0.3) is 0 Å². The number of aromatic carboxylic acids is 1. The van der Waals surface area contributed by atoms with Gasteiger partial charge < -0.3 is 16.2 Å². The summed E-state index contributed by atoms with van der Waals surface area (Å²) < 4.78 is 13.6. The first-order valence-corrected chi connectivity index (χ1v) is 5.90. The van der Waals surface area contributed by atoms with Crippen molar-refractivity contribution in [2.75, 3.05) is 5.32 Å². The molecule has 0 aliphatic rings. The molecule has 0 bridgehead atoms. The van der Waals surface area contributed by atoms with Crippen LogP contribution in [0, 0.1) is 11.7 Å². The van der Waals surface area contributed by atoms with Gasteiger partial charge in [0.05, 0.1) is 17.3 Å². The monoisotopic (exact) mass is 268 g/mol. The molecule has 0 heterocycles. The van der Waals surface area contributed by atoms with Crippen molar-refractivity contribution in [2.45, 2.75) is 26.3 Å². The number of hydrogen-bond acceptors (Lipinski definition) is 3. The normalized spacial score (nSPS) is 12.3. The van der Waals surface area contributed by atoms with E-state index in [2.05, 4.69) is 5.32 Å². The SMILES string of the molecule is CC(C)C[C@@H](N)C(=O)Nc1ccc(C(=O)O)cc1F. The Balaban J connectivity index is 2.77. The number of carboxylic acids is 1. The number of amides is 1. The predicted molar refractivity (Wildman–Crippen MR) is 69.4 cm³/mol. The largest absolute Gasteiger partial charge is 0.478 e. The second kappa shape index (κ2) is 6.29. The number of carboxylic acid groups (broad SMARTS) is 1. The summed E-state index contributed by atoms with van der Waals surface area (Å²) in [6.07, 6.45) is 0.487. The van der Waals surface area contributed by atoms with Crippen LogP contribution in [-0.2, 0) is 4.79 Å². The molecular weight excluding hydrogens is 251 g/mol. The molecule has 1 amide bonds. The van der Waals surface area contributed by atoms with Gasteiger partial charge in [-0.15, -0.1) is 0 Å². The highest BCUT2D eigenvalue weighted by molar-refractivity contribution is 5.95. The minimum Gasteiger partial charge on any atom is -0.478 e. The molecule has 0 aliphatic carbocycles. The highest BCUT2D eigenvalue weighted by atomic mass is 19.1. The first-order chi connectivity index (χ1) is 8.81. The number of halogens is 1. The van der Waals surface area contributed by atoms with Crippen LogP contribution >= 0.6 is 0 Å². The van der Waals surface area contributed by atoms with E-state index < -0.39 is 23.7 Å². The van der Waals surface area contributed by atoms with Gasteiger partial charge in [-0.1, -0.05) is 13.8 Å². The molecule has 104 valence electrons. The molecule has 5 nitrogen and oxygen atoms in total. The van der Waals surface area contributed by atoms with Crippen LogP contribution in [0.2, 0.25) is 0 Å². The van der Waals surface area contributed by atoms with E-state index in [1.54, 1.807) is 0 Å². The Morgan fingerprint density at radius 1 is 1.42 bits per heavy atom. The molecule has 0 aliphatic heterocycles. The van der Waals surface area contributed by atoms with Crippen molar-refractivity contribution in [1.82, 2.24) is 0 Å². The first kappa shape index (κ1) is 15.1. The molecule has 1 aromatic rings. The number of nitrogens with one attached hydrogen (secondary N) is 1. The van der Waals surface area contributed by atoms with Crippen LogP contribution in [0.1, 0.15) is 30.6 Å². The third-order valence-corrected chi connectivity index (χ3v) is 2.54. The van der Waals surface area contributed by atoms with Crippen LogP contribution in [0.5, 0.6) is 0 Å². The molecule has 0 spiro atoms. The van der Waals surface area contributed by atoms with Crippen molar-refractivity contribution in [3.8, 4) is 0 Å².